The van der Waals surface area contributed by atoms with Crippen LogP contribution in [0.15, 0.2) is 40.9 Å². The van der Waals surface area contributed by atoms with Gasteiger partial charge in [0.05, 0.1) is 11.8 Å². The Balaban J connectivity index is 2.28. The number of aryl methyl sites for hydroxylation is 1. The second-order valence-electron chi connectivity index (χ2n) is 5.84. The van der Waals surface area contributed by atoms with Crippen molar-refractivity contribution in [3.05, 3.63) is 52.9 Å². The third-order valence-corrected chi connectivity index (χ3v) is 4.55. The molecule has 0 aromatic carbocycles. The zero-order chi connectivity index (χ0) is 16.8. The van der Waals surface area contributed by atoms with Crippen molar-refractivity contribution in [2.24, 2.45) is 4.99 Å². The summed E-state index contributed by atoms with van der Waals surface area (Å²) in [5, 5.41) is 0. The molecule has 23 heavy (non-hydrogen) atoms. The van der Waals surface area contributed by atoms with Crippen LogP contribution in [-0.2, 0) is 0 Å². The molecule has 0 fully saturated rings. The van der Waals surface area contributed by atoms with Crippen LogP contribution in [0.3, 0.4) is 0 Å². The maximum Gasteiger partial charge on any atom is 0.0811 e. The maximum absolute atomic E-state index is 6.31. The number of aliphatic imine (C=N–C) groups is 1. The number of halogens is 2. The van der Waals surface area contributed by atoms with E-state index in [9.17, 15) is 0 Å². The van der Waals surface area contributed by atoms with Crippen molar-refractivity contribution in [2.75, 3.05) is 11.8 Å². The largest absolute Gasteiger partial charge is 0.358 e. The Kier molecular flexibility index (Phi) is 6.73. The topological polar surface area (TPSA) is 28.1 Å². The van der Waals surface area contributed by atoms with Crippen LogP contribution in [0, 0.1) is 6.92 Å². The van der Waals surface area contributed by atoms with Crippen LogP contribution in [-0.4, -0.2) is 28.5 Å². The van der Waals surface area contributed by atoms with Gasteiger partial charge in [0.1, 0.15) is 0 Å². The van der Waals surface area contributed by atoms with Gasteiger partial charge in [0.2, 0.25) is 0 Å². The molecule has 0 aliphatic carbocycles. The summed E-state index contributed by atoms with van der Waals surface area (Å²) < 4.78 is 0. The predicted molar refractivity (Wildman–Crippen MR) is 103 cm³/mol. The van der Waals surface area contributed by atoms with Gasteiger partial charge >= 0.3 is 0 Å². The van der Waals surface area contributed by atoms with Gasteiger partial charge in [-0.2, -0.15) is 0 Å². The Hall–Kier alpha value is -1.25. The van der Waals surface area contributed by atoms with E-state index in [1.165, 1.54) is 16.8 Å². The highest BCUT2D eigenvalue weighted by atomic mass is 35.5. The van der Waals surface area contributed by atoms with Crippen LogP contribution in [0.5, 0.6) is 0 Å². The summed E-state index contributed by atoms with van der Waals surface area (Å²) in [7, 11) is 0. The van der Waals surface area contributed by atoms with Crippen molar-refractivity contribution in [1.82, 2.24) is 4.98 Å². The first-order chi connectivity index (χ1) is 11.1. The number of hydrogen-bond donors (Lipinski definition) is 1. The molecule has 1 aliphatic heterocycles. The van der Waals surface area contributed by atoms with Crippen LogP contribution in [0.1, 0.15) is 43.1 Å². The molecular weight excluding hydrogens is 327 g/mol. The molecule has 0 radical (unpaired) electrons. The van der Waals surface area contributed by atoms with Crippen LogP contribution in [0.2, 0.25) is 0 Å². The first-order valence-electron chi connectivity index (χ1n) is 8.01. The average molecular weight is 351 g/mol. The Morgan fingerprint density at radius 1 is 1.26 bits per heavy atom. The second kappa shape index (κ2) is 8.56. The van der Waals surface area contributed by atoms with Crippen molar-refractivity contribution in [3.8, 4) is 0 Å². The highest BCUT2D eigenvalue weighted by Crippen LogP contribution is 2.33. The molecule has 1 N–H and O–H groups in total. The molecule has 2 unspecified atom stereocenters. The van der Waals surface area contributed by atoms with E-state index in [0.29, 0.717) is 11.8 Å². The summed E-state index contributed by atoms with van der Waals surface area (Å²) in [6.07, 6.45) is 11.3. The highest BCUT2D eigenvalue weighted by molar-refractivity contribution is 6.19. The van der Waals surface area contributed by atoms with E-state index in [1.807, 2.05) is 12.2 Å². The lowest BCUT2D eigenvalue weighted by Gasteiger charge is -2.20. The third kappa shape index (κ3) is 4.39. The van der Waals surface area contributed by atoms with E-state index in [2.05, 4.69) is 50.0 Å². The molecule has 1 aromatic heterocycles. The Labute approximate surface area is 149 Å². The van der Waals surface area contributed by atoms with Gasteiger partial charge in [-0.1, -0.05) is 19.1 Å². The zero-order valence-electron chi connectivity index (χ0n) is 13.9. The minimum atomic E-state index is 0.0860. The van der Waals surface area contributed by atoms with E-state index in [-0.39, 0.29) is 12.0 Å². The first kappa shape index (κ1) is 18.1. The predicted octanol–water partition coefficient (Wildman–Crippen LogP) is 5.63. The number of nitrogens with one attached hydrogen (secondary N) is 1. The monoisotopic (exact) mass is 350 g/mol. The summed E-state index contributed by atoms with van der Waals surface area (Å²) in [4.78, 5) is 8.34. The number of aromatic nitrogens is 1. The van der Waals surface area contributed by atoms with E-state index < -0.39 is 0 Å². The van der Waals surface area contributed by atoms with E-state index in [4.69, 9.17) is 28.2 Å². The molecule has 0 saturated carbocycles. The minimum absolute atomic E-state index is 0.0860. The summed E-state index contributed by atoms with van der Waals surface area (Å²) in [6, 6.07) is 2.26. The summed E-state index contributed by atoms with van der Waals surface area (Å²) in [5.74, 6) is 1.18. The molecule has 0 amide bonds. The van der Waals surface area contributed by atoms with Crippen LogP contribution >= 0.6 is 23.2 Å². The molecule has 2 atom stereocenters. The van der Waals surface area contributed by atoms with Crippen LogP contribution in [0.4, 0.5) is 0 Å². The minimum Gasteiger partial charge on any atom is -0.358 e. The molecule has 1 aromatic rings. The second-order valence-corrected chi connectivity index (χ2v) is 6.45. The Morgan fingerprint density at radius 3 is 2.70 bits per heavy atom. The lowest BCUT2D eigenvalue weighted by molar-refractivity contribution is 0.635. The summed E-state index contributed by atoms with van der Waals surface area (Å²) in [5.41, 5.74) is 5.75. The van der Waals surface area contributed by atoms with Gasteiger partial charge < -0.3 is 4.98 Å². The Morgan fingerprint density at radius 2 is 2.04 bits per heavy atom. The molecule has 124 valence electrons. The lowest BCUT2D eigenvalue weighted by Crippen LogP contribution is -2.19. The molecule has 2 rings (SSSR count). The fourth-order valence-corrected chi connectivity index (χ4v) is 3.33. The summed E-state index contributed by atoms with van der Waals surface area (Å²) >= 11 is 12.0. The van der Waals surface area contributed by atoms with Crippen molar-refractivity contribution in [3.63, 3.8) is 0 Å². The van der Waals surface area contributed by atoms with E-state index >= 15 is 0 Å². The quantitative estimate of drug-likeness (QED) is 0.617. The van der Waals surface area contributed by atoms with Gasteiger partial charge in [-0.15, -0.1) is 23.2 Å². The van der Waals surface area contributed by atoms with E-state index in [1.54, 1.807) is 0 Å². The van der Waals surface area contributed by atoms with Gasteiger partial charge in [0.15, 0.2) is 0 Å². The molecule has 2 nitrogen and oxygen atoms in total. The van der Waals surface area contributed by atoms with E-state index in [0.717, 1.165) is 17.8 Å². The molecule has 4 heteroatoms. The van der Waals surface area contributed by atoms with Gasteiger partial charge in [-0.3, -0.25) is 4.99 Å². The molecule has 1 aliphatic rings. The molecule has 0 spiro atoms. The highest BCUT2D eigenvalue weighted by Gasteiger charge is 2.29. The van der Waals surface area contributed by atoms with Gasteiger partial charge in [0.25, 0.3) is 0 Å². The first-order valence-corrected chi connectivity index (χ1v) is 9.08. The van der Waals surface area contributed by atoms with Gasteiger partial charge in [-0.25, -0.2) is 0 Å². The molecule has 2 heterocycles. The smallest absolute Gasteiger partial charge is 0.0811 e. The number of hydrogen-bond acceptors (Lipinski definition) is 1. The van der Waals surface area contributed by atoms with Crippen molar-refractivity contribution in [2.45, 2.75) is 39.2 Å². The van der Waals surface area contributed by atoms with Crippen LogP contribution < -0.4 is 0 Å². The number of rotatable bonds is 7. The number of nitrogens with zero attached hydrogens (tertiary/aromatic N) is 1. The number of H-pyrrole nitrogens is 1. The third-order valence-electron chi connectivity index (χ3n) is 4.04. The Bertz CT molecular complexity index is 650. The molecular formula is C19H24Cl2N2. The van der Waals surface area contributed by atoms with Gasteiger partial charge in [-0.05, 0) is 55.7 Å². The normalized spacial score (nSPS) is 19.6. The van der Waals surface area contributed by atoms with Crippen molar-refractivity contribution in [1.29, 1.82) is 0 Å². The standard InChI is InChI=1S/C19H24Cl2N2/c1-4-5-7-15-10-13(2)18(22-15)17(12-21)19-14(3)11-16(23-19)8-6-9-20/h5-8,10-11,17,19,22H,4,9,12H2,1-3H3/b7-5+,8-6+. The molecule has 0 bridgehead atoms. The number of aromatic amines is 1. The van der Waals surface area contributed by atoms with Crippen molar-refractivity contribution < 1.29 is 0 Å². The fourth-order valence-electron chi connectivity index (χ4n) is 2.92. The lowest BCUT2D eigenvalue weighted by atomic mass is 9.92. The van der Waals surface area contributed by atoms with Crippen molar-refractivity contribution >= 4 is 35.0 Å². The van der Waals surface area contributed by atoms with Gasteiger partial charge in [0, 0.05) is 29.1 Å². The zero-order valence-corrected chi connectivity index (χ0v) is 15.5. The SMILES string of the molecule is CC/C=C/c1cc(C)c(C(CCl)C2N=C(/C=C/CCl)C=C2C)[nH]1. The number of alkyl halides is 2. The summed E-state index contributed by atoms with van der Waals surface area (Å²) in [6.45, 7) is 6.37. The molecule has 0 saturated heterocycles. The average Bonchev–Trinajstić information content (AvgIpc) is 3.08. The van der Waals surface area contributed by atoms with Crippen LogP contribution in [0.25, 0.3) is 6.08 Å². The fraction of sp³-hybridized carbons (Fsp3) is 0.421. The number of allylic oxidation sites excluding steroid dienone is 4. The maximum atomic E-state index is 6.31.